The lowest BCUT2D eigenvalue weighted by molar-refractivity contribution is -0.203. The molecule has 0 spiro atoms. The van der Waals surface area contributed by atoms with E-state index in [-0.39, 0.29) is 12.5 Å². The van der Waals surface area contributed by atoms with Crippen LogP contribution in [0, 0.1) is 0 Å². The average Bonchev–Trinajstić information content (AvgIpc) is 2.56. The monoisotopic (exact) mass is 222 g/mol. The smallest absolute Gasteiger partial charge is 0.305 e. The molecule has 2 fully saturated rings. The van der Waals surface area contributed by atoms with Gasteiger partial charge in [-0.25, -0.2) is 0 Å². The summed E-state index contributed by atoms with van der Waals surface area (Å²) < 4.78 is 39.3. The quantitative estimate of drug-likeness (QED) is 0.727. The molecule has 0 aromatic rings. The molecule has 1 N–H and O–H groups in total. The average molecular weight is 222 g/mol. The molecule has 5 heteroatoms. The fourth-order valence-corrected chi connectivity index (χ4v) is 3.07. The maximum atomic E-state index is 13.1. The minimum absolute atomic E-state index is 0.192. The number of nitrogens with zero attached hydrogens (tertiary/aromatic N) is 1. The van der Waals surface area contributed by atoms with E-state index in [0.717, 1.165) is 19.4 Å². The molecule has 0 aromatic heterocycles. The van der Waals surface area contributed by atoms with Crippen LogP contribution in [0.25, 0.3) is 0 Å². The Hall–Kier alpha value is -0.290. The maximum absolute atomic E-state index is 13.1. The van der Waals surface area contributed by atoms with Crippen LogP contribution in [-0.4, -0.2) is 42.8 Å². The molecule has 2 unspecified atom stereocenters. The number of likely N-dealkylation sites (N-methyl/N-ethyl adjacent to an activating group) is 1. The van der Waals surface area contributed by atoms with Crippen molar-refractivity contribution < 1.29 is 13.2 Å². The summed E-state index contributed by atoms with van der Waals surface area (Å²) in [5.74, 6) is 0. The fourth-order valence-electron chi connectivity index (χ4n) is 3.07. The zero-order valence-electron chi connectivity index (χ0n) is 8.90. The SMILES string of the molecule is CNC1(C(F)(F)F)CCN2CCCCC21. The molecule has 15 heavy (non-hydrogen) atoms. The van der Waals surface area contributed by atoms with Crippen LogP contribution < -0.4 is 5.32 Å². The van der Waals surface area contributed by atoms with Crippen molar-refractivity contribution in [3.63, 3.8) is 0 Å². The molecule has 0 radical (unpaired) electrons. The van der Waals surface area contributed by atoms with Crippen LogP contribution in [0.5, 0.6) is 0 Å². The molecule has 0 aliphatic carbocycles. The molecule has 2 heterocycles. The summed E-state index contributed by atoms with van der Waals surface area (Å²) in [5, 5.41) is 2.55. The zero-order chi connectivity index (χ0) is 11.1. The zero-order valence-corrected chi connectivity index (χ0v) is 8.90. The van der Waals surface area contributed by atoms with Crippen LogP contribution in [0.4, 0.5) is 13.2 Å². The molecule has 2 aliphatic heterocycles. The van der Waals surface area contributed by atoms with E-state index < -0.39 is 11.7 Å². The molecular formula is C10H17F3N2. The Bertz CT molecular complexity index is 241. The van der Waals surface area contributed by atoms with Gasteiger partial charge in [0.25, 0.3) is 0 Å². The van der Waals surface area contributed by atoms with Crippen molar-refractivity contribution in [2.45, 2.75) is 43.4 Å². The van der Waals surface area contributed by atoms with Crippen molar-refractivity contribution in [1.82, 2.24) is 10.2 Å². The standard InChI is InChI=1S/C10H17F3N2/c1-14-9(10(11,12)13)5-7-15-6-3-2-4-8(9)15/h8,14H,2-7H2,1H3. The Balaban J connectivity index is 2.26. The van der Waals surface area contributed by atoms with E-state index in [1.165, 1.54) is 7.05 Å². The van der Waals surface area contributed by atoms with Gasteiger partial charge in [0.2, 0.25) is 0 Å². The van der Waals surface area contributed by atoms with Gasteiger partial charge in [-0.05, 0) is 32.9 Å². The summed E-state index contributed by atoms with van der Waals surface area (Å²) >= 11 is 0. The van der Waals surface area contributed by atoms with Crippen LogP contribution in [0.15, 0.2) is 0 Å². The number of hydrogen-bond donors (Lipinski definition) is 1. The van der Waals surface area contributed by atoms with Crippen LogP contribution in [-0.2, 0) is 0 Å². The second-order valence-corrected chi connectivity index (χ2v) is 4.52. The Kier molecular flexibility index (Phi) is 2.71. The fraction of sp³-hybridized carbons (Fsp3) is 1.00. The number of nitrogens with one attached hydrogen (secondary N) is 1. The van der Waals surface area contributed by atoms with E-state index in [9.17, 15) is 13.2 Å². The lowest BCUT2D eigenvalue weighted by atomic mass is 9.85. The van der Waals surface area contributed by atoms with Gasteiger partial charge in [-0.2, -0.15) is 13.2 Å². The van der Waals surface area contributed by atoms with Gasteiger partial charge < -0.3 is 5.32 Å². The van der Waals surface area contributed by atoms with E-state index >= 15 is 0 Å². The van der Waals surface area contributed by atoms with E-state index in [4.69, 9.17) is 0 Å². The summed E-state index contributed by atoms with van der Waals surface area (Å²) in [6.45, 7) is 1.40. The first kappa shape index (κ1) is 11.2. The minimum atomic E-state index is -4.14. The Labute approximate surface area is 87.8 Å². The van der Waals surface area contributed by atoms with Crippen molar-refractivity contribution in [3.05, 3.63) is 0 Å². The summed E-state index contributed by atoms with van der Waals surface area (Å²) in [4.78, 5) is 1.99. The Morgan fingerprint density at radius 1 is 1.27 bits per heavy atom. The molecule has 0 aromatic carbocycles. The summed E-state index contributed by atoms with van der Waals surface area (Å²) in [5.41, 5.74) is -1.66. The second-order valence-electron chi connectivity index (χ2n) is 4.52. The number of fused-ring (bicyclic) bond motifs is 1. The highest BCUT2D eigenvalue weighted by Crippen LogP contribution is 2.44. The second kappa shape index (κ2) is 3.63. The number of halogens is 3. The summed E-state index contributed by atoms with van der Waals surface area (Å²) in [7, 11) is 1.44. The van der Waals surface area contributed by atoms with E-state index in [1.807, 2.05) is 4.90 Å². The topological polar surface area (TPSA) is 15.3 Å². The third-order valence-corrected chi connectivity index (χ3v) is 3.93. The lowest BCUT2D eigenvalue weighted by Crippen LogP contribution is -2.63. The van der Waals surface area contributed by atoms with Crippen molar-refractivity contribution in [2.24, 2.45) is 0 Å². The molecule has 2 saturated heterocycles. The molecule has 2 atom stereocenters. The van der Waals surface area contributed by atoms with E-state index in [1.54, 1.807) is 0 Å². The van der Waals surface area contributed by atoms with Crippen LogP contribution in [0.3, 0.4) is 0 Å². The first-order valence-corrected chi connectivity index (χ1v) is 5.51. The highest BCUT2D eigenvalue weighted by molar-refractivity contribution is 5.10. The largest absolute Gasteiger partial charge is 0.408 e. The minimum Gasteiger partial charge on any atom is -0.305 e. The molecule has 88 valence electrons. The van der Waals surface area contributed by atoms with Crippen LogP contribution in [0.2, 0.25) is 0 Å². The molecular weight excluding hydrogens is 205 g/mol. The van der Waals surface area contributed by atoms with Gasteiger partial charge in [0.15, 0.2) is 0 Å². The summed E-state index contributed by atoms with van der Waals surface area (Å²) in [6.07, 6.45) is -1.33. The predicted molar refractivity (Wildman–Crippen MR) is 51.7 cm³/mol. The van der Waals surface area contributed by atoms with E-state index in [2.05, 4.69) is 5.32 Å². The molecule has 0 bridgehead atoms. The number of piperidine rings is 1. The Morgan fingerprint density at radius 3 is 2.60 bits per heavy atom. The van der Waals surface area contributed by atoms with Gasteiger partial charge in [0.1, 0.15) is 5.54 Å². The van der Waals surface area contributed by atoms with Gasteiger partial charge in [-0.3, -0.25) is 4.90 Å². The lowest BCUT2D eigenvalue weighted by Gasteiger charge is -2.41. The van der Waals surface area contributed by atoms with Crippen LogP contribution >= 0.6 is 0 Å². The van der Waals surface area contributed by atoms with Gasteiger partial charge in [-0.1, -0.05) is 6.42 Å². The molecule has 2 aliphatic rings. The highest BCUT2D eigenvalue weighted by atomic mass is 19.4. The van der Waals surface area contributed by atoms with Gasteiger partial charge >= 0.3 is 6.18 Å². The Morgan fingerprint density at radius 2 is 2.00 bits per heavy atom. The number of alkyl halides is 3. The van der Waals surface area contributed by atoms with Gasteiger partial charge in [0, 0.05) is 12.6 Å². The first-order chi connectivity index (χ1) is 7.01. The van der Waals surface area contributed by atoms with Crippen molar-refractivity contribution in [1.29, 1.82) is 0 Å². The first-order valence-electron chi connectivity index (χ1n) is 5.51. The van der Waals surface area contributed by atoms with Crippen LogP contribution in [0.1, 0.15) is 25.7 Å². The molecule has 2 nitrogen and oxygen atoms in total. The maximum Gasteiger partial charge on any atom is 0.408 e. The molecule has 2 rings (SSSR count). The number of hydrogen-bond acceptors (Lipinski definition) is 2. The van der Waals surface area contributed by atoms with Gasteiger partial charge in [-0.15, -0.1) is 0 Å². The normalized spacial score (nSPS) is 38.0. The number of rotatable bonds is 1. The third-order valence-electron chi connectivity index (χ3n) is 3.93. The van der Waals surface area contributed by atoms with Crippen molar-refractivity contribution in [2.75, 3.05) is 20.1 Å². The van der Waals surface area contributed by atoms with Crippen molar-refractivity contribution in [3.8, 4) is 0 Å². The molecule has 0 amide bonds. The third kappa shape index (κ3) is 1.56. The van der Waals surface area contributed by atoms with Gasteiger partial charge in [0.05, 0.1) is 0 Å². The van der Waals surface area contributed by atoms with Crippen molar-refractivity contribution >= 4 is 0 Å². The highest BCUT2D eigenvalue weighted by Gasteiger charge is 2.62. The van der Waals surface area contributed by atoms with E-state index in [0.29, 0.717) is 13.0 Å². The predicted octanol–water partition coefficient (Wildman–Crippen LogP) is 1.77. The molecule has 0 saturated carbocycles. The summed E-state index contributed by atoms with van der Waals surface area (Å²) in [6, 6.07) is -0.351.